The maximum absolute atomic E-state index is 6.11. The van der Waals surface area contributed by atoms with Crippen LogP contribution in [0.15, 0.2) is 18.2 Å². The number of aryl methyl sites for hydroxylation is 1. The largest absolute Gasteiger partial charge is 0.313 e. The van der Waals surface area contributed by atoms with Gasteiger partial charge in [0, 0.05) is 11.1 Å². The van der Waals surface area contributed by atoms with Gasteiger partial charge in [-0.2, -0.15) is 0 Å². The van der Waals surface area contributed by atoms with Crippen LogP contribution >= 0.6 is 11.6 Å². The molecular weight excluding hydrogens is 194 g/mol. The number of rotatable bonds is 3. The van der Waals surface area contributed by atoms with Crippen LogP contribution < -0.4 is 5.32 Å². The molecule has 1 aromatic rings. The van der Waals surface area contributed by atoms with Gasteiger partial charge in [0.15, 0.2) is 0 Å². The fraction of sp³-hybridized carbons (Fsp3) is 0.500. The van der Waals surface area contributed by atoms with E-state index in [2.05, 4.69) is 23.5 Å². The second kappa shape index (κ2) is 3.92. The lowest BCUT2D eigenvalue weighted by Gasteiger charge is -2.16. The van der Waals surface area contributed by atoms with E-state index in [0.717, 1.165) is 16.5 Å². The van der Waals surface area contributed by atoms with E-state index in [4.69, 9.17) is 11.6 Å². The first kappa shape index (κ1) is 10.0. The minimum atomic E-state index is 0.494. The van der Waals surface area contributed by atoms with Gasteiger partial charge >= 0.3 is 0 Å². The SMILES string of the molecule is CNC(c1ccc(C)c(Cl)c1)C1CC1. The predicted octanol–water partition coefficient (Wildman–Crippen LogP) is 3.32. The topological polar surface area (TPSA) is 12.0 Å². The van der Waals surface area contributed by atoms with E-state index in [1.807, 2.05) is 14.0 Å². The summed E-state index contributed by atoms with van der Waals surface area (Å²) in [6, 6.07) is 6.87. The quantitative estimate of drug-likeness (QED) is 0.806. The number of nitrogens with one attached hydrogen (secondary N) is 1. The Balaban J connectivity index is 2.25. The standard InChI is InChI=1S/C12H16ClN/c1-8-3-4-10(7-11(8)13)12(14-2)9-5-6-9/h3-4,7,9,12,14H,5-6H2,1-2H3. The van der Waals surface area contributed by atoms with Crippen LogP contribution in [0.5, 0.6) is 0 Å². The predicted molar refractivity (Wildman–Crippen MR) is 60.7 cm³/mol. The zero-order chi connectivity index (χ0) is 10.1. The monoisotopic (exact) mass is 209 g/mol. The van der Waals surface area contributed by atoms with Gasteiger partial charge in [-0.1, -0.05) is 23.7 Å². The molecule has 1 aliphatic carbocycles. The molecule has 1 nitrogen and oxygen atoms in total. The Bertz CT molecular complexity index is 331. The lowest BCUT2D eigenvalue weighted by Crippen LogP contribution is -2.18. The molecule has 76 valence electrons. The van der Waals surface area contributed by atoms with Gasteiger partial charge in [0.1, 0.15) is 0 Å². The number of halogens is 1. The summed E-state index contributed by atoms with van der Waals surface area (Å²) in [7, 11) is 2.02. The molecule has 0 spiro atoms. The Hall–Kier alpha value is -0.530. The summed E-state index contributed by atoms with van der Waals surface area (Å²) in [6.45, 7) is 2.04. The highest BCUT2D eigenvalue weighted by molar-refractivity contribution is 6.31. The third-order valence-corrected chi connectivity index (χ3v) is 3.37. The Morgan fingerprint density at radius 3 is 2.64 bits per heavy atom. The number of hydrogen-bond donors (Lipinski definition) is 1. The highest BCUT2D eigenvalue weighted by atomic mass is 35.5. The summed E-state index contributed by atoms with van der Waals surface area (Å²) in [4.78, 5) is 0. The molecule has 1 N–H and O–H groups in total. The Morgan fingerprint density at radius 2 is 2.14 bits per heavy atom. The Labute approximate surface area is 90.5 Å². The number of benzene rings is 1. The molecule has 1 fully saturated rings. The molecule has 2 rings (SSSR count). The summed E-state index contributed by atoms with van der Waals surface area (Å²) in [6.07, 6.45) is 2.69. The average Bonchev–Trinajstić information content (AvgIpc) is 2.96. The second-order valence-corrected chi connectivity index (χ2v) is 4.52. The van der Waals surface area contributed by atoms with Crippen LogP contribution in [0.3, 0.4) is 0 Å². The Morgan fingerprint density at radius 1 is 1.43 bits per heavy atom. The van der Waals surface area contributed by atoms with Gasteiger partial charge in [0.2, 0.25) is 0 Å². The molecule has 0 heterocycles. The van der Waals surface area contributed by atoms with Crippen LogP contribution in [0, 0.1) is 12.8 Å². The van der Waals surface area contributed by atoms with E-state index in [0.29, 0.717) is 6.04 Å². The van der Waals surface area contributed by atoms with E-state index in [1.54, 1.807) is 0 Å². The lowest BCUT2D eigenvalue weighted by molar-refractivity contribution is 0.529. The minimum absolute atomic E-state index is 0.494. The van der Waals surface area contributed by atoms with Crippen LogP contribution in [0.2, 0.25) is 5.02 Å². The fourth-order valence-electron chi connectivity index (χ4n) is 1.91. The fourth-order valence-corrected chi connectivity index (χ4v) is 2.10. The van der Waals surface area contributed by atoms with Crippen molar-refractivity contribution >= 4 is 11.6 Å². The lowest BCUT2D eigenvalue weighted by atomic mass is 10.0. The first-order valence-electron chi connectivity index (χ1n) is 5.15. The second-order valence-electron chi connectivity index (χ2n) is 4.11. The van der Waals surface area contributed by atoms with Crippen LogP contribution in [-0.4, -0.2) is 7.05 Å². The molecule has 1 aliphatic rings. The van der Waals surface area contributed by atoms with E-state index >= 15 is 0 Å². The van der Waals surface area contributed by atoms with Gasteiger partial charge in [-0.3, -0.25) is 0 Å². The van der Waals surface area contributed by atoms with Crippen LogP contribution in [-0.2, 0) is 0 Å². The Kier molecular flexibility index (Phi) is 2.80. The van der Waals surface area contributed by atoms with E-state index in [1.165, 1.54) is 18.4 Å². The van der Waals surface area contributed by atoms with Crippen molar-refractivity contribution in [1.29, 1.82) is 0 Å². The van der Waals surface area contributed by atoms with Gasteiger partial charge in [-0.25, -0.2) is 0 Å². The summed E-state index contributed by atoms with van der Waals surface area (Å²) in [5.41, 5.74) is 2.48. The molecule has 0 radical (unpaired) electrons. The normalized spacial score (nSPS) is 18.2. The third kappa shape index (κ3) is 1.94. The van der Waals surface area contributed by atoms with Gasteiger partial charge in [0.25, 0.3) is 0 Å². The van der Waals surface area contributed by atoms with Crippen molar-refractivity contribution in [3.63, 3.8) is 0 Å². The van der Waals surface area contributed by atoms with Crippen LogP contribution in [0.25, 0.3) is 0 Å². The molecule has 0 saturated heterocycles. The van der Waals surface area contributed by atoms with E-state index in [9.17, 15) is 0 Å². The maximum Gasteiger partial charge on any atom is 0.0438 e. The van der Waals surface area contributed by atoms with E-state index in [-0.39, 0.29) is 0 Å². The molecule has 1 atom stereocenters. The smallest absolute Gasteiger partial charge is 0.0438 e. The molecule has 2 heteroatoms. The molecule has 0 aromatic heterocycles. The highest BCUT2D eigenvalue weighted by Crippen LogP contribution is 2.41. The van der Waals surface area contributed by atoms with Crippen molar-refractivity contribution < 1.29 is 0 Å². The molecule has 1 saturated carbocycles. The molecule has 0 amide bonds. The summed E-state index contributed by atoms with van der Waals surface area (Å²) < 4.78 is 0. The molecule has 1 aromatic carbocycles. The van der Waals surface area contributed by atoms with Crippen molar-refractivity contribution in [3.05, 3.63) is 34.3 Å². The first-order valence-corrected chi connectivity index (χ1v) is 5.53. The molecule has 0 aliphatic heterocycles. The van der Waals surface area contributed by atoms with Gasteiger partial charge in [-0.05, 0) is 49.9 Å². The van der Waals surface area contributed by atoms with E-state index < -0.39 is 0 Å². The van der Waals surface area contributed by atoms with Gasteiger partial charge < -0.3 is 5.32 Å². The van der Waals surface area contributed by atoms with Crippen molar-refractivity contribution in [1.82, 2.24) is 5.32 Å². The van der Waals surface area contributed by atoms with Crippen molar-refractivity contribution in [2.24, 2.45) is 5.92 Å². The molecule has 1 unspecified atom stereocenters. The van der Waals surface area contributed by atoms with Crippen LogP contribution in [0.1, 0.15) is 30.0 Å². The number of hydrogen-bond acceptors (Lipinski definition) is 1. The summed E-state index contributed by atoms with van der Waals surface area (Å²) in [5, 5.41) is 4.25. The van der Waals surface area contributed by atoms with Gasteiger partial charge in [-0.15, -0.1) is 0 Å². The van der Waals surface area contributed by atoms with Crippen molar-refractivity contribution in [2.45, 2.75) is 25.8 Å². The molecule has 0 bridgehead atoms. The summed E-state index contributed by atoms with van der Waals surface area (Å²) >= 11 is 6.11. The zero-order valence-corrected chi connectivity index (χ0v) is 9.43. The van der Waals surface area contributed by atoms with Gasteiger partial charge in [0.05, 0.1) is 0 Å². The molecule has 14 heavy (non-hydrogen) atoms. The van der Waals surface area contributed by atoms with Crippen molar-refractivity contribution in [3.8, 4) is 0 Å². The minimum Gasteiger partial charge on any atom is -0.313 e. The third-order valence-electron chi connectivity index (χ3n) is 2.96. The molecular formula is C12H16ClN. The maximum atomic E-state index is 6.11. The zero-order valence-electron chi connectivity index (χ0n) is 8.68. The summed E-state index contributed by atoms with van der Waals surface area (Å²) in [5.74, 6) is 0.818. The highest BCUT2D eigenvalue weighted by Gasteiger charge is 2.31. The van der Waals surface area contributed by atoms with Crippen molar-refractivity contribution in [2.75, 3.05) is 7.05 Å². The average molecular weight is 210 g/mol. The first-order chi connectivity index (χ1) is 6.72. The van der Waals surface area contributed by atoms with Crippen LogP contribution in [0.4, 0.5) is 0 Å².